The molecule has 14 heavy (non-hydrogen) atoms. The molecule has 0 fully saturated rings. The van der Waals surface area contributed by atoms with E-state index in [1.807, 2.05) is 0 Å². The molecule has 0 saturated heterocycles. The van der Waals surface area contributed by atoms with Crippen LogP contribution in [-0.2, 0) is 4.74 Å². The van der Waals surface area contributed by atoms with Crippen LogP contribution in [0.15, 0.2) is 0 Å². The lowest BCUT2D eigenvalue weighted by Gasteiger charge is -2.22. The second-order valence-electron chi connectivity index (χ2n) is 3.38. The Balaban J connectivity index is 3.81. The van der Waals surface area contributed by atoms with Gasteiger partial charge in [0.05, 0.1) is 10.0 Å². The van der Waals surface area contributed by atoms with Crippen molar-refractivity contribution in [3.05, 3.63) is 0 Å². The van der Waals surface area contributed by atoms with E-state index in [4.69, 9.17) is 27.9 Å². The first kappa shape index (κ1) is 15.3. The maximum Gasteiger partial charge on any atom is 0.0839 e. The summed E-state index contributed by atoms with van der Waals surface area (Å²) in [6.45, 7) is 5.19. The number of hydrogen-bond donors (Lipinski definition) is 0. The van der Waals surface area contributed by atoms with Crippen LogP contribution in [0, 0.1) is 5.92 Å². The lowest BCUT2D eigenvalue weighted by Crippen LogP contribution is -2.29. The minimum Gasteiger partial charge on any atom is -0.376 e. The van der Waals surface area contributed by atoms with Gasteiger partial charge in [-0.2, -0.15) is 0 Å². The van der Waals surface area contributed by atoms with Crippen LogP contribution in [0.1, 0.15) is 26.7 Å². The van der Waals surface area contributed by atoms with Crippen LogP contribution < -0.4 is 0 Å². The Morgan fingerprint density at radius 3 is 2.07 bits per heavy atom. The van der Waals surface area contributed by atoms with E-state index < -0.39 is 0 Å². The summed E-state index contributed by atoms with van der Waals surface area (Å²) in [5, 5.41) is 0. The molecule has 0 rings (SSSR count). The molecule has 0 aliphatic heterocycles. The van der Waals surface area contributed by atoms with Gasteiger partial charge in [-0.15, -0.1) is 23.2 Å². The molecule has 0 aromatic rings. The highest BCUT2D eigenvalue weighted by molar-refractivity contribution is 14.1. The van der Waals surface area contributed by atoms with E-state index in [9.17, 15) is 0 Å². The molecule has 4 heteroatoms. The van der Waals surface area contributed by atoms with Crippen LogP contribution in [0.5, 0.6) is 0 Å². The first-order valence-electron chi connectivity index (χ1n) is 5.07. The van der Waals surface area contributed by atoms with Gasteiger partial charge in [0.15, 0.2) is 0 Å². The summed E-state index contributed by atoms with van der Waals surface area (Å²) >= 11 is 13.9. The Morgan fingerprint density at radius 1 is 1.14 bits per heavy atom. The average molecular weight is 353 g/mol. The summed E-state index contributed by atoms with van der Waals surface area (Å²) in [6.07, 6.45) is 2.42. The summed E-state index contributed by atoms with van der Waals surface area (Å²) < 4.78 is 6.07. The predicted octanol–water partition coefficient (Wildman–Crippen LogP) is 4.09. The molecular formula is C10H19Cl2IO. The zero-order valence-corrected chi connectivity index (χ0v) is 12.5. The number of ether oxygens (including phenoxy) is 1. The lowest BCUT2D eigenvalue weighted by atomic mass is 10.1. The average Bonchev–Trinajstić information content (AvgIpc) is 2.24. The Hall–Kier alpha value is 1.27. The van der Waals surface area contributed by atoms with E-state index >= 15 is 0 Å². The normalized spacial score (nSPS) is 15.9. The zero-order valence-electron chi connectivity index (χ0n) is 8.81. The minimum atomic E-state index is 0.0929. The largest absolute Gasteiger partial charge is 0.376 e. The van der Waals surface area contributed by atoms with Crippen molar-refractivity contribution < 1.29 is 4.74 Å². The summed E-state index contributed by atoms with van der Waals surface area (Å²) in [4.78, 5) is 0. The lowest BCUT2D eigenvalue weighted by molar-refractivity contribution is 0.0442. The van der Waals surface area contributed by atoms with Gasteiger partial charge in [0, 0.05) is 18.4 Å². The molecule has 0 aromatic carbocycles. The monoisotopic (exact) mass is 352 g/mol. The second kappa shape index (κ2) is 9.49. The van der Waals surface area contributed by atoms with Crippen molar-refractivity contribution in [2.45, 2.75) is 36.7 Å². The van der Waals surface area contributed by atoms with Gasteiger partial charge in [0.1, 0.15) is 0 Å². The van der Waals surface area contributed by atoms with Crippen LogP contribution in [0.4, 0.5) is 0 Å². The quantitative estimate of drug-likeness (QED) is 0.472. The molecule has 0 radical (unpaired) electrons. The summed E-state index contributed by atoms with van der Waals surface area (Å²) in [6, 6.07) is 0. The SMILES string of the molecule is CCC(CC)COC(CCl)C(I)CCl. The molecule has 0 N–H and O–H groups in total. The molecule has 2 unspecified atom stereocenters. The van der Waals surface area contributed by atoms with Crippen LogP contribution in [0.3, 0.4) is 0 Å². The van der Waals surface area contributed by atoms with E-state index in [-0.39, 0.29) is 6.10 Å². The third-order valence-electron chi connectivity index (χ3n) is 2.40. The van der Waals surface area contributed by atoms with E-state index in [1.165, 1.54) is 0 Å². The Labute approximate surface area is 111 Å². The maximum absolute atomic E-state index is 5.82. The van der Waals surface area contributed by atoms with Gasteiger partial charge in [0.2, 0.25) is 0 Å². The van der Waals surface area contributed by atoms with Crippen LogP contribution in [0.25, 0.3) is 0 Å². The highest BCUT2D eigenvalue weighted by atomic mass is 127. The van der Waals surface area contributed by atoms with Crippen molar-refractivity contribution in [1.29, 1.82) is 0 Å². The summed E-state index contributed by atoms with van der Waals surface area (Å²) in [7, 11) is 0. The summed E-state index contributed by atoms with van der Waals surface area (Å²) in [5.74, 6) is 1.78. The molecule has 0 aliphatic carbocycles. The molecule has 0 saturated carbocycles. The maximum atomic E-state index is 5.82. The standard InChI is InChI=1S/C10H19Cl2IO/c1-3-8(4-2)7-14-10(6-12)9(13)5-11/h8-10H,3-7H2,1-2H3. The second-order valence-corrected chi connectivity index (χ2v) is 5.60. The number of alkyl halides is 3. The molecule has 1 nitrogen and oxygen atoms in total. The van der Waals surface area contributed by atoms with Crippen molar-refractivity contribution in [2.24, 2.45) is 5.92 Å². The molecule has 0 spiro atoms. The van der Waals surface area contributed by atoms with Crippen molar-refractivity contribution in [3.8, 4) is 0 Å². The Kier molecular flexibility index (Phi) is 10.4. The highest BCUT2D eigenvalue weighted by Gasteiger charge is 2.18. The van der Waals surface area contributed by atoms with E-state index in [0.29, 0.717) is 21.6 Å². The number of rotatable bonds is 8. The van der Waals surface area contributed by atoms with E-state index in [1.54, 1.807) is 0 Å². The molecule has 0 amide bonds. The van der Waals surface area contributed by atoms with Gasteiger partial charge in [-0.05, 0) is 5.92 Å². The van der Waals surface area contributed by atoms with Crippen molar-refractivity contribution in [2.75, 3.05) is 18.4 Å². The zero-order chi connectivity index (χ0) is 11.0. The molecule has 0 heterocycles. The fourth-order valence-electron chi connectivity index (χ4n) is 1.13. The fourth-order valence-corrected chi connectivity index (χ4v) is 2.39. The summed E-state index contributed by atoms with van der Waals surface area (Å²) in [5.41, 5.74) is 0. The molecule has 0 aliphatic rings. The van der Waals surface area contributed by atoms with Gasteiger partial charge in [0.25, 0.3) is 0 Å². The van der Waals surface area contributed by atoms with Crippen LogP contribution in [0.2, 0.25) is 0 Å². The van der Waals surface area contributed by atoms with Gasteiger partial charge in [-0.25, -0.2) is 0 Å². The van der Waals surface area contributed by atoms with Crippen molar-refractivity contribution >= 4 is 45.8 Å². The van der Waals surface area contributed by atoms with Gasteiger partial charge in [-0.1, -0.05) is 49.3 Å². The van der Waals surface area contributed by atoms with E-state index in [0.717, 1.165) is 19.4 Å². The van der Waals surface area contributed by atoms with Crippen molar-refractivity contribution in [3.63, 3.8) is 0 Å². The van der Waals surface area contributed by atoms with Gasteiger partial charge in [-0.3, -0.25) is 0 Å². The third-order valence-corrected chi connectivity index (χ3v) is 4.80. The molecular weight excluding hydrogens is 334 g/mol. The van der Waals surface area contributed by atoms with Gasteiger partial charge >= 0.3 is 0 Å². The van der Waals surface area contributed by atoms with Crippen molar-refractivity contribution in [1.82, 2.24) is 0 Å². The fraction of sp³-hybridized carbons (Fsp3) is 1.00. The number of halogens is 3. The van der Waals surface area contributed by atoms with Crippen LogP contribution >= 0.6 is 45.8 Å². The smallest absolute Gasteiger partial charge is 0.0839 e. The Bertz CT molecular complexity index is 131. The minimum absolute atomic E-state index is 0.0929. The third kappa shape index (κ3) is 5.99. The molecule has 0 bridgehead atoms. The molecule has 2 atom stereocenters. The molecule has 86 valence electrons. The highest BCUT2D eigenvalue weighted by Crippen LogP contribution is 2.16. The van der Waals surface area contributed by atoms with Crippen LogP contribution in [-0.4, -0.2) is 28.4 Å². The Morgan fingerprint density at radius 2 is 1.71 bits per heavy atom. The topological polar surface area (TPSA) is 9.23 Å². The first-order valence-corrected chi connectivity index (χ1v) is 7.38. The van der Waals surface area contributed by atoms with Gasteiger partial charge < -0.3 is 4.74 Å². The number of hydrogen-bond acceptors (Lipinski definition) is 1. The first-order chi connectivity index (χ1) is 6.69. The predicted molar refractivity (Wildman–Crippen MR) is 73.1 cm³/mol. The van der Waals surface area contributed by atoms with E-state index in [2.05, 4.69) is 36.4 Å². The molecule has 0 aromatic heterocycles.